The van der Waals surface area contributed by atoms with Crippen LogP contribution in [0.25, 0.3) is 0 Å². The molecule has 2 fully saturated rings. The molecule has 2 aliphatic carbocycles. The maximum absolute atomic E-state index is 13.0. The second kappa shape index (κ2) is 10.6. The van der Waals surface area contributed by atoms with Gasteiger partial charge in [-0.25, -0.2) is 22.9 Å². The van der Waals surface area contributed by atoms with Crippen LogP contribution in [0.5, 0.6) is 5.75 Å². The van der Waals surface area contributed by atoms with E-state index < -0.39 is 51.2 Å². The third-order valence-electron chi connectivity index (χ3n) is 6.49. The molecule has 208 valence electrons. The first-order valence-corrected chi connectivity index (χ1v) is 13.1. The molecule has 2 aliphatic rings. The van der Waals surface area contributed by atoms with E-state index >= 15 is 0 Å². The Kier molecular flexibility index (Phi) is 7.79. The van der Waals surface area contributed by atoms with Gasteiger partial charge < -0.3 is 10.1 Å². The van der Waals surface area contributed by atoms with Gasteiger partial charge in [-0.3, -0.25) is 5.32 Å². The number of nitrogens with one attached hydrogen (secondary N) is 3. The van der Waals surface area contributed by atoms with E-state index in [-0.39, 0.29) is 24.0 Å². The van der Waals surface area contributed by atoms with Gasteiger partial charge >= 0.3 is 18.4 Å². The highest BCUT2D eigenvalue weighted by molar-refractivity contribution is 7.89. The number of hydrogen-bond donors (Lipinski definition) is 3. The number of urea groups is 1. The summed E-state index contributed by atoms with van der Waals surface area (Å²) in [6.07, 6.45) is -4.13. The van der Waals surface area contributed by atoms with Crippen molar-refractivity contribution in [2.45, 2.75) is 42.9 Å². The van der Waals surface area contributed by atoms with Crippen LogP contribution >= 0.6 is 0 Å². The quantitative estimate of drug-likeness (QED) is 0.352. The van der Waals surface area contributed by atoms with Gasteiger partial charge in [0, 0.05) is 6.20 Å². The number of nitrogens with zero attached hydrogens (tertiary/aromatic N) is 1. The van der Waals surface area contributed by atoms with Crippen LogP contribution in [-0.4, -0.2) is 38.8 Å². The van der Waals surface area contributed by atoms with Gasteiger partial charge in [0.2, 0.25) is 10.0 Å². The van der Waals surface area contributed by atoms with Gasteiger partial charge in [-0.2, -0.15) is 26.3 Å². The lowest BCUT2D eigenvalue weighted by atomic mass is 9.81. The number of aromatic nitrogens is 1. The third kappa shape index (κ3) is 7.28. The number of anilines is 2. The molecule has 0 radical (unpaired) electrons. The Morgan fingerprint density at radius 1 is 1.05 bits per heavy atom. The van der Waals surface area contributed by atoms with Crippen molar-refractivity contribution in [1.82, 2.24) is 9.71 Å². The summed E-state index contributed by atoms with van der Waals surface area (Å²) in [7, 11) is -4.62. The number of alkyl halides is 6. The van der Waals surface area contributed by atoms with Crippen molar-refractivity contribution in [3.8, 4) is 5.75 Å². The second-order valence-corrected chi connectivity index (χ2v) is 11.0. The molecular weight excluding hydrogens is 542 g/mol. The van der Waals surface area contributed by atoms with Crippen LogP contribution < -0.4 is 20.1 Å². The lowest BCUT2D eigenvalue weighted by molar-refractivity contribution is -0.137. The average Bonchev–Trinajstić information content (AvgIpc) is 3.53. The Balaban J connectivity index is 1.51. The van der Waals surface area contributed by atoms with Crippen molar-refractivity contribution in [2.24, 2.45) is 17.8 Å². The first kappa shape index (κ1) is 28.0. The Morgan fingerprint density at radius 3 is 2.42 bits per heavy atom. The monoisotopic (exact) mass is 566 g/mol. The number of hydrogen-bond acceptors (Lipinski definition) is 5. The summed E-state index contributed by atoms with van der Waals surface area (Å²) < 4.78 is 108. The molecule has 1 aromatic heterocycles. The molecule has 0 saturated heterocycles. The van der Waals surface area contributed by atoms with Crippen molar-refractivity contribution in [1.29, 1.82) is 0 Å². The summed E-state index contributed by atoms with van der Waals surface area (Å²) >= 11 is 0. The van der Waals surface area contributed by atoms with E-state index in [9.17, 15) is 39.6 Å². The number of carbonyl (C=O) groups excluding carboxylic acids is 1. The summed E-state index contributed by atoms with van der Waals surface area (Å²) in [5.41, 5.74) is -1.26. The van der Waals surface area contributed by atoms with Crippen molar-refractivity contribution < 1.29 is 44.3 Å². The smallest absolute Gasteiger partial charge is 0.416 e. The molecule has 2 atom stereocenters. The molecule has 3 N–H and O–H groups in total. The van der Waals surface area contributed by atoms with E-state index in [0.717, 1.165) is 37.6 Å². The minimum Gasteiger partial charge on any atom is -0.491 e. The molecule has 2 unspecified atom stereocenters. The number of amides is 2. The van der Waals surface area contributed by atoms with Crippen LogP contribution in [0.1, 0.15) is 31.2 Å². The highest BCUT2D eigenvalue weighted by Crippen LogP contribution is 2.51. The minimum absolute atomic E-state index is 0.0474. The van der Waals surface area contributed by atoms with Crippen molar-refractivity contribution in [3.05, 3.63) is 42.1 Å². The van der Waals surface area contributed by atoms with E-state index in [1.165, 1.54) is 17.2 Å². The highest BCUT2D eigenvalue weighted by atomic mass is 32.2. The fourth-order valence-electron chi connectivity index (χ4n) is 4.21. The third-order valence-corrected chi connectivity index (χ3v) is 7.89. The van der Waals surface area contributed by atoms with Crippen LogP contribution in [0.4, 0.5) is 42.6 Å². The SMILES string of the molecule is O=C(Nc1cc(C(F)(F)F)ccn1)Nc1cc(S(=O)(=O)NCC(F)(F)F)ccc1OCC1CC1C1CCC1. The van der Waals surface area contributed by atoms with Crippen LogP contribution in [0.15, 0.2) is 41.4 Å². The number of benzene rings is 1. The van der Waals surface area contributed by atoms with Crippen LogP contribution in [-0.2, 0) is 16.2 Å². The molecule has 1 heterocycles. The summed E-state index contributed by atoms with van der Waals surface area (Å²) in [5.74, 6) is 1.08. The molecule has 15 heteroatoms. The molecule has 2 amide bonds. The maximum atomic E-state index is 13.0. The standard InChI is InChI=1S/C23H24F6N4O4S/c24-22(25,26)12-31-38(35,36)16-4-5-19(37-11-14-8-17(14)13-2-1-3-13)18(10-16)32-21(34)33-20-9-15(6-7-30-20)23(27,28)29/h4-7,9-10,13-14,17,31H,1-3,8,11-12H2,(H2,30,32,33,34). The molecule has 0 bridgehead atoms. The average molecular weight is 567 g/mol. The Hall–Kier alpha value is -3.07. The Morgan fingerprint density at radius 2 is 1.79 bits per heavy atom. The van der Waals surface area contributed by atoms with Gasteiger partial charge in [-0.1, -0.05) is 19.3 Å². The van der Waals surface area contributed by atoms with E-state index in [2.05, 4.69) is 15.6 Å². The second-order valence-electron chi connectivity index (χ2n) is 9.27. The molecule has 0 aliphatic heterocycles. The van der Waals surface area contributed by atoms with Crippen LogP contribution in [0, 0.1) is 17.8 Å². The molecule has 38 heavy (non-hydrogen) atoms. The number of halogens is 6. The summed E-state index contributed by atoms with van der Waals surface area (Å²) in [6.45, 7) is -1.52. The molecule has 2 saturated carbocycles. The van der Waals surface area contributed by atoms with Crippen molar-refractivity contribution in [3.63, 3.8) is 0 Å². The van der Waals surface area contributed by atoms with Crippen LogP contribution in [0.3, 0.4) is 0 Å². The van der Waals surface area contributed by atoms with Crippen molar-refractivity contribution in [2.75, 3.05) is 23.8 Å². The first-order chi connectivity index (χ1) is 17.7. The zero-order chi connectivity index (χ0) is 27.7. The lowest BCUT2D eigenvalue weighted by Gasteiger charge is -2.25. The number of sulfonamides is 1. The number of carbonyl (C=O) groups is 1. The predicted octanol–water partition coefficient (Wildman–Crippen LogP) is 5.40. The van der Waals surface area contributed by atoms with Gasteiger partial charge in [0.25, 0.3) is 0 Å². The van der Waals surface area contributed by atoms with Crippen molar-refractivity contribution >= 4 is 27.6 Å². The summed E-state index contributed by atoms with van der Waals surface area (Å²) in [5, 5.41) is 4.41. The molecular formula is C23H24F6N4O4S. The number of ether oxygens (including phenoxy) is 1. The molecule has 0 spiro atoms. The van der Waals surface area contributed by atoms with Crippen LogP contribution in [0.2, 0.25) is 0 Å². The molecule has 1 aromatic carbocycles. The Bertz CT molecular complexity index is 1280. The Labute approximate surface area is 214 Å². The molecule has 4 rings (SSSR count). The highest BCUT2D eigenvalue weighted by Gasteiger charge is 2.45. The van der Waals surface area contributed by atoms with E-state index in [1.54, 1.807) is 0 Å². The van der Waals surface area contributed by atoms with E-state index in [0.29, 0.717) is 24.0 Å². The lowest BCUT2D eigenvalue weighted by Crippen LogP contribution is -2.33. The fourth-order valence-corrected chi connectivity index (χ4v) is 5.25. The molecule has 2 aromatic rings. The van der Waals surface area contributed by atoms with Gasteiger partial charge in [0.05, 0.1) is 22.8 Å². The number of rotatable bonds is 9. The largest absolute Gasteiger partial charge is 0.491 e. The van der Waals surface area contributed by atoms with Gasteiger partial charge in [0.15, 0.2) is 0 Å². The fraction of sp³-hybridized carbons (Fsp3) is 0.478. The van der Waals surface area contributed by atoms with E-state index in [1.807, 2.05) is 0 Å². The predicted molar refractivity (Wildman–Crippen MR) is 124 cm³/mol. The minimum atomic E-state index is -4.80. The van der Waals surface area contributed by atoms with Gasteiger partial charge in [0.1, 0.15) is 18.1 Å². The zero-order valence-electron chi connectivity index (χ0n) is 19.7. The topological polar surface area (TPSA) is 109 Å². The normalized spacial score (nSPS) is 19.9. The van der Waals surface area contributed by atoms with Gasteiger partial charge in [-0.05, 0) is 54.5 Å². The number of pyridine rings is 1. The zero-order valence-corrected chi connectivity index (χ0v) is 20.5. The van der Waals surface area contributed by atoms with E-state index in [4.69, 9.17) is 4.74 Å². The summed E-state index contributed by atoms with van der Waals surface area (Å²) in [6, 6.07) is 3.38. The first-order valence-electron chi connectivity index (χ1n) is 11.7. The molecule has 8 nitrogen and oxygen atoms in total. The summed E-state index contributed by atoms with van der Waals surface area (Å²) in [4.78, 5) is 15.6. The van der Waals surface area contributed by atoms with Gasteiger partial charge in [-0.15, -0.1) is 0 Å². The maximum Gasteiger partial charge on any atom is 0.416 e.